The van der Waals surface area contributed by atoms with Crippen LogP contribution >= 0.6 is 0 Å². The van der Waals surface area contributed by atoms with Gasteiger partial charge in [-0.05, 0) is 49.6 Å². The zero-order valence-corrected chi connectivity index (χ0v) is 18.3. The van der Waals surface area contributed by atoms with Crippen LogP contribution in [0.4, 0.5) is 4.39 Å². The first kappa shape index (κ1) is 22.9. The fourth-order valence-electron chi connectivity index (χ4n) is 4.39. The van der Waals surface area contributed by atoms with Crippen LogP contribution in [0.3, 0.4) is 0 Å². The van der Waals surface area contributed by atoms with Gasteiger partial charge in [0.1, 0.15) is 11.9 Å². The number of aliphatic hydroxyl groups is 1. The predicted octanol–water partition coefficient (Wildman–Crippen LogP) is 4.28. The minimum absolute atomic E-state index is 0.0128. The smallest absolute Gasteiger partial charge is 0.308 e. The zero-order chi connectivity index (χ0) is 22.9. The molecule has 2 heterocycles. The Bertz CT molecular complexity index is 1010. The van der Waals surface area contributed by atoms with Gasteiger partial charge in [-0.3, -0.25) is 14.4 Å². The third-order valence-electron chi connectivity index (χ3n) is 5.58. The number of rotatable bonds is 7. The van der Waals surface area contributed by atoms with Gasteiger partial charge in [-0.2, -0.15) is 0 Å². The monoisotopic (exact) mass is 429 g/mol. The Morgan fingerprint density at radius 3 is 2.29 bits per heavy atom. The van der Waals surface area contributed by atoms with Crippen LogP contribution in [0.15, 0.2) is 24.3 Å². The quantitative estimate of drug-likeness (QED) is 0.525. The van der Waals surface area contributed by atoms with Gasteiger partial charge in [0.15, 0.2) is 11.6 Å². The van der Waals surface area contributed by atoms with Gasteiger partial charge >= 0.3 is 5.97 Å². The standard InChI is InChI=1S/C24H28FNO5/c1-13(2)23-21(14(3)27)22(15(4)28)24(16-5-7-17(25)8-6-16)26(23)10-9-19-11-18(29)12-20(30)31-19/h5-8,13,18-19,29H,9-12H2,1-4H3/t18-,19-/m0/s1. The molecule has 31 heavy (non-hydrogen) atoms. The minimum Gasteiger partial charge on any atom is -0.462 e. The highest BCUT2D eigenvalue weighted by molar-refractivity contribution is 6.12. The molecule has 0 aliphatic carbocycles. The summed E-state index contributed by atoms with van der Waals surface area (Å²) in [6.45, 7) is 7.12. The van der Waals surface area contributed by atoms with E-state index in [1.165, 1.54) is 26.0 Å². The van der Waals surface area contributed by atoms with Gasteiger partial charge in [-0.25, -0.2) is 4.39 Å². The Morgan fingerprint density at radius 2 is 1.77 bits per heavy atom. The first-order valence-corrected chi connectivity index (χ1v) is 10.5. The number of hydrogen-bond acceptors (Lipinski definition) is 5. The number of esters is 1. The number of hydrogen-bond donors (Lipinski definition) is 1. The largest absolute Gasteiger partial charge is 0.462 e. The predicted molar refractivity (Wildman–Crippen MR) is 114 cm³/mol. The average Bonchev–Trinajstić information content (AvgIpc) is 3.02. The SMILES string of the molecule is CC(=O)c1c(C(C)=O)c(C(C)C)n(CC[C@H]2C[C@H](O)CC(=O)O2)c1-c1ccc(F)cc1. The summed E-state index contributed by atoms with van der Waals surface area (Å²) in [5.41, 5.74) is 2.61. The van der Waals surface area contributed by atoms with Crippen molar-refractivity contribution < 1.29 is 28.6 Å². The van der Waals surface area contributed by atoms with Crippen LogP contribution in [-0.2, 0) is 16.1 Å². The summed E-state index contributed by atoms with van der Waals surface area (Å²) in [5.74, 6) is -1.36. The molecule has 6 nitrogen and oxygen atoms in total. The van der Waals surface area contributed by atoms with Crippen LogP contribution in [0.5, 0.6) is 0 Å². The Morgan fingerprint density at radius 1 is 1.16 bits per heavy atom. The van der Waals surface area contributed by atoms with Crippen LogP contribution in [0.1, 0.15) is 79.3 Å². The van der Waals surface area contributed by atoms with Gasteiger partial charge in [0.05, 0.1) is 23.8 Å². The Labute approximate surface area is 181 Å². The molecule has 3 rings (SSSR count). The molecule has 0 saturated carbocycles. The van der Waals surface area contributed by atoms with Crippen molar-refractivity contribution in [3.8, 4) is 11.3 Å². The number of aromatic nitrogens is 1. The van der Waals surface area contributed by atoms with E-state index in [4.69, 9.17) is 4.74 Å². The van der Waals surface area contributed by atoms with Crippen LogP contribution in [0, 0.1) is 5.82 Å². The number of carbonyl (C=O) groups excluding carboxylic acids is 3. The molecule has 0 spiro atoms. The fourth-order valence-corrected chi connectivity index (χ4v) is 4.39. The molecule has 0 amide bonds. The fraction of sp³-hybridized carbons (Fsp3) is 0.458. The maximum atomic E-state index is 13.6. The lowest BCUT2D eigenvalue weighted by Gasteiger charge is -2.27. The van der Waals surface area contributed by atoms with E-state index in [0.717, 1.165) is 5.69 Å². The number of aliphatic hydroxyl groups excluding tert-OH is 1. The number of ketones is 2. The number of nitrogens with zero attached hydrogens (tertiary/aromatic N) is 1. The Balaban J connectivity index is 2.15. The van der Waals surface area contributed by atoms with Crippen LogP contribution in [-0.4, -0.2) is 39.4 Å². The highest BCUT2D eigenvalue weighted by Crippen LogP contribution is 2.37. The van der Waals surface area contributed by atoms with E-state index >= 15 is 0 Å². The summed E-state index contributed by atoms with van der Waals surface area (Å²) in [5, 5.41) is 9.91. The van der Waals surface area contributed by atoms with E-state index in [1.807, 2.05) is 18.4 Å². The van der Waals surface area contributed by atoms with Gasteiger partial charge in [0, 0.05) is 30.6 Å². The van der Waals surface area contributed by atoms with Crippen molar-refractivity contribution in [3.05, 3.63) is 46.9 Å². The van der Waals surface area contributed by atoms with Crippen LogP contribution in [0.25, 0.3) is 11.3 Å². The number of ether oxygens (including phenoxy) is 1. The number of cyclic esters (lactones) is 1. The van der Waals surface area contributed by atoms with Crippen molar-refractivity contribution in [1.29, 1.82) is 0 Å². The van der Waals surface area contributed by atoms with Crippen molar-refractivity contribution in [3.63, 3.8) is 0 Å². The van der Waals surface area contributed by atoms with E-state index in [2.05, 4.69) is 0 Å². The number of benzene rings is 1. The summed E-state index contributed by atoms with van der Waals surface area (Å²) in [4.78, 5) is 37.0. The van der Waals surface area contributed by atoms with Gasteiger partial charge in [-0.15, -0.1) is 0 Å². The molecule has 1 fully saturated rings. The van der Waals surface area contributed by atoms with E-state index < -0.39 is 24.0 Å². The highest BCUT2D eigenvalue weighted by Gasteiger charge is 2.32. The third kappa shape index (κ3) is 4.77. The van der Waals surface area contributed by atoms with Crippen molar-refractivity contribution in [2.24, 2.45) is 0 Å². The van der Waals surface area contributed by atoms with Crippen molar-refractivity contribution in [1.82, 2.24) is 4.57 Å². The third-order valence-corrected chi connectivity index (χ3v) is 5.58. The first-order valence-electron chi connectivity index (χ1n) is 10.5. The maximum Gasteiger partial charge on any atom is 0.308 e. The molecule has 1 N–H and O–H groups in total. The Hall–Kier alpha value is -2.80. The molecular weight excluding hydrogens is 401 g/mol. The molecule has 1 aliphatic heterocycles. The van der Waals surface area contributed by atoms with Gasteiger partial charge in [-0.1, -0.05) is 13.8 Å². The summed E-state index contributed by atoms with van der Waals surface area (Å²) >= 11 is 0. The first-order chi connectivity index (χ1) is 14.6. The van der Waals surface area contributed by atoms with E-state index in [1.54, 1.807) is 12.1 Å². The molecular formula is C24H28FNO5. The lowest BCUT2D eigenvalue weighted by molar-refractivity contribution is -0.160. The lowest BCUT2D eigenvalue weighted by atomic mass is 9.96. The van der Waals surface area contributed by atoms with Crippen LogP contribution < -0.4 is 0 Å². The second kappa shape index (κ2) is 9.14. The molecule has 1 saturated heterocycles. The number of Topliss-reactive ketones (excluding diaryl/α,β-unsaturated/α-hetero) is 2. The normalized spacial score (nSPS) is 18.9. The summed E-state index contributed by atoms with van der Waals surface area (Å²) in [6.07, 6.45) is -0.449. The van der Waals surface area contributed by atoms with E-state index in [0.29, 0.717) is 41.8 Å². The van der Waals surface area contributed by atoms with Crippen molar-refractivity contribution in [2.75, 3.05) is 0 Å². The molecule has 1 aliphatic rings. The zero-order valence-electron chi connectivity index (χ0n) is 18.3. The Kier molecular flexibility index (Phi) is 6.74. The van der Waals surface area contributed by atoms with Gasteiger partial charge in [0.2, 0.25) is 0 Å². The summed E-state index contributed by atoms with van der Waals surface area (Å²) in [7, 11) is 0. The minimum atomic E-state index is -0.738. The molecule has 2 atom stereocenters. The summed E-state index contributed by atoms with van der Waals surface area (Å²) in [6, 6.07) is 5.81. The van der Waals surface area contributed by atoms with Crippen LogP contribution in [0.2, 0.25) is 0 Å². The molecule has 166 valence electrons. The van der Waals surface area contributed by atoms with E-state index in [9.17, 15) is 23.9 Å². The molecule has 0 radical (unpaired) electrons. The van der Waals surface area contributed by atoms with Gasteiger partial charge < -0.3 is 14.4 Å². The van der Waals surface area contributed by atoms with Crippen molar-refractivity contribution >= 4 is 17.5 Å². The molecule has 1 aromatic heterocycles. The van der Waals surface area contributed by atoms with E-state index in [-0.39, 0.29) is 23.9 Å². The van der Waals surface area contributed by atoms with Gasteiger partial charge in [0.25, 0.3) is 0 Å². The molecule has 0 bridgehead atoms. The topological polar surface area (TPSA) is 85.6 Å². The lowest BCUT2D eigenvalue weighted by Crippen LogP contribution is -2.33. The second-order valence-electron chi connectivity index (χ2n) is 8.40. The number of halogens is 1. The molecule has 7 heteroatoms. The summed E-state index contributed by atoms with van der Waals surface area (Å²) < 4.78 is 20.9. The average molecular weight is 429 g/mol. The maximum absolute atomic E-state index is 13.6. The molecule has 2 aromatic rings. The molecule has 0 unspecified atom stereocenters. The number of carbonyl (C=O) groups is 3. The molecule has 1 aromatic carbocycles. The highest BCUT2D eigenvalue weighted by atomic mass is 19.1. The van der Waals surface area contributed by atoms with Crippen molar-refractivity contribution in [2.45, 2.75) is 71.6 Å². The second-order valence-corrected chi connectivity index (χ2v) is 8.40.